The normalized spacial score (nSPS) is 53.9. The van der Waals surface area contributed by atoms with Gasteiger partial charge in [0.05, 0.1) is 12.7 Å². The van der Waals surface area contributed by atoms with Gasteiger partial charge in [-0.25, -0.2) is 0 Å². The monoisotopic (exact) mass is 316 g/mol. The van der Waals surface area contributed by atoms with E-state index in [-0.39, 0.29) is 16.9 Å². The molecule has 1 saturated heterocycles. The minimum Gasteiger partial charge on any atom is -0.394 e. The first-order valence-corrected chi connectivity index (χ1v) is 8.18. The van der Waals surface area contributed by atoms with E-state index in [9.17, 15) is 20.4 Å². The van der Waals surface area contributed by atoms with Crippen LogP contribution in [0.1, 0.15) is 40.0 Å². The molecule has 2 bridgehead atoms. The van der Waals surface area contributed by atoms with Crippen molar-refractivity contribution in [2.45, 2.75) is 76.8 Å². The van der Waals surface area contributed by atoms with Gasteiger partial charge in [-0.05, 0) is 36.0 Å². The van der Waals surface area contributed by atoms with Crippen molar-refractivity contribution >= 4 is 0 Å². The molecule has 3 rings (SSSR count). The number of fused-ring (bicyclic) bond motifs is 2. The maximum atomic E-state index is 10.1. The summed E-state index contributed by atoms with van der Waals surface area (Å²) in [5.41, 5.74) is 0.183. The SMILES string of the molecule is CC1(C)C2CCC1(C)C(OC1OC(CO)C(O)C(O)C1O)C2. The number of aliphatic hydroxyl groups is 4. The molecule has 0 spiro atoms. The Morgan fingerprint density at radius 2 is 1.77 bits per heavy atom. The van der Waals surface area contributed by atoms with Gasteiger partial charge in [0.1, 0.15) is 24.4 Å². The number of ether oxygens (including phenoxy) is 2. The molecule has 2 aliphatic carbocycles. The number of hydrogen-bond donors (Lipinski definition) is 4. The molecule has 0 amide bonds. The van der Waals surface area contributed by atoms with Gasteiger partial charge in [-0.15, -0.1) is 0 Å². The minimum atomic E-state index is -1.38. The van der Waals surface area contributed by atoms with Gasteiger partial charge in [0.15, 0.2) is 6.29 Å². The third-order valence-electron chi connectivity index (χ3n) is 6.86. The summed E-state index contributed by atoms with van der Waals surface area (Å²) in [6, 6.07) is 0. The second kappa shape index (κ2) is 5.40. The molecule has 1 aliphatic heterocycles. The van der Waals surface area contributed by atoms with E-state index in [1.807, 2.05) is 0 Å². The lowest BCUT2D eigenvalue weighted by Crippen LogP contribution is -2.60. The lowest BCUT2D eigenvalue weighted by atomic mass is 9.70. The van der Waals surface area contributed by atoms with Gasteiger partial charge in [-0.3, -0.25) is 0 Å². The number of hydrogen-bond acceptors (Lipinski definition) is 6. The molecule has 2 saturated carbocycles. The number of aliphatic hydroxyl groups excluding tert-OH is 4. The summed E-state index contributed by atoms with van der Waals surface area (Å²) < 4.78 is 11.5. The fourth-order valence-electron chi connectivity index (χ4n) is 4.68. The molecule has 6 heteroatoms. The van der Waals surface area contributed by atoms with Crippen molar-refractivity contribution in [1.82, 2.24) is 0 Å². The van der Waals surface area contributed by atoms with Crippen LogP contribution in [0.25, 0.3) is 0 Å². The van der Waals surface area contributed by atoms with E-state index in [1.165, 1.54) is 6.42 Å². The Bertz CT molecular complexity index is 425. The van der Waals surface area contributed by atoms with E-state index in [1.54, 1.807) is 0 Å². The first kappa shape index (κ1) is 16.6. The van der Waals surface area contributed by atoms with Crippen molar-refractivity contribution < 1.29 is 29.9 Å². The van der Waals surface area contributed by atoms with E-state index in [0.29, 0.717) is 5.92 Å². The van der Waals surface area contributed by atoms with Gasteiger partial charge in [0, 0.05) is 0 Å². The summed E-state index contributed by atoms with van der Waals surface area (Å²) in [5, 5.41) is 39.1. The Balaban J connectivity index is 1.74. The van der Waals surface area contributed by atoms with Crippen molar-refractivity contribution in [2.75, 3.05) is 6.61 Å². The van der Waals surface area contributed by atoms with Crippen LogP contribution in [0.5, 0.6) is 0 Å². The Hall–Kier alpha value is -0.240. The van der Waals surface area contributed by atoms with E-state index in [2.05, 4.69) is 20.8 Å². The van der Waals surface area contributed by atoms with Crippen LogP contribution in [0.15, 0.2) is 0 Å². The zero-order valence-corrected chi connectivity index (χ0v) is 13.5. The van der Waals surface area contributed by atoms with Gasteiger partial charge in [0.25, 0.3) is 0 Å². The summed E-state index contributed by atoms with van der Waals surface area (Å²) in [4.78, 5) is 0. The highest BCUT2D eigenvalue weighted by atomic mass is 16.7. The third kappa shape index (κ3) is 2.16. The highest BCUT2D eigenvalue weighted by molar-refractivity contribution is 5.11. The smallest absolute Gasteiger partial charge is 0.186 e. The first-order valence-electron chi connectivity index (χ1n) is 8.18. The van der Waals surface area contributed by atoms with Crippen LogP contribution in [0.2, 0.25) is 0 Å². The molecule has 6 nitrogen and oxygen atoms in total. The molecule has 3 fully saturated rings. The topological polar surface area (TPSA) is 99.4 Å². The first-order chi connectivity index (χ1) is 10.2. The molecule has 0 aromatic carbocycles. The van der Waals surface area contributed by atoms with E-state index >= 15 is 0 Å². The molecule has 3 aliphatic rings. The largest absolute Gasteiger partial charge is 0.394 e. The summed E-state index contributed by atoms with van der Waals surface area (Å²) >= 11 is 0. The lowest BCUT2D eigenvalue weighted by Gasteiger charge is -2.44. The molecule has 4 N–H and O–H groups in total. The highest BCUT2D eigenvalue weighted by Crippen LogP contribution is 2.66. The molecule has 1 heterocycles. The fraction of sp³-hybridized carbons (Fsp3) is 1.00. The molecule has 0 aromatic heterocycles. The predicted molar refractivity (Wildman–Crippen MR) is 77.9 cm³/mol. The molecule has 22 heavy (non-hydrogen) atoms. The van der Waals surface area contributed by atoms with Crippen LogP contribution < -0.4 is 0 Å². The second-order valence-electron chi connectivity index (χ2n) is 7.93. The molecule has 8 atom stereocenters. The molecule has 0 radical (unpaired) electrons. The summed E-state index contributed by atoms with van der Waals surface area (Å²) in [6.07, 6.45) is -2.84. The van der Waals surface area contributed by atoms with Crippen molar-refractivity contribution in [2.24, 2.45) is 16.7 Å². The zero-order chi connectivity index (χ0) is 16.3. The van der Waals surface area contributed by atoms with Crippen LogP contribution in [0.4, 0.5) is 0 Å². The summed E-state index contributed by atoms with van der Waals surface area (Å²) in [7, 11) is 0. The Morgan fingerprint density at radius 1 is 1.09 bits per heavy atom. The van der Waals surface area contributed by atoms with Crippen molar-refractivity contribution in [3.05, 3.63) is 0 Å². The minimum absolute atomic E-state index is 0.0104. The Labute approximate surface area is 131 Å². The quantitative estimate of drug-likeness (QED) is 0.586. The van der Waals surface area contributed by atoms with Gasteiger partial charge in [-0.2, -0.15) is 0 Å². The molecule has 8 unspecified atom stereocenters. The maximum absolute atomic E-state index is 10.1. The molecular weight excluding hydrogens is 288 g/mol. The predicted octanol–water partition coefficient (Wildman–Crippen LogP) is 0.0177. The van der Waals surface area contributed by atoms with Gasteiger partial charge in [-0.1, -0.05) is 20.8 Å². The average Bonchev–Trinajstić information content (AvgIpc) is 2.81. The van der Waals surface area contributed by atoms with Crippen molar-refractivity contribution in [1.29, 1.82) is 0 Å². The lowest BCUT2D eigenvalue weighted by molar-refractivity contribution is -0.319. The summed E-state index contributed by atoms with van der Waals surface area (Å²) in [6.45, 7) is 6.32. The number of rotatable bonds is 3. The zero-order valence-electron chi connectivity index (χ0n) is 13.5. The third-order valence-corrected chi connectivity index (χ3v) is 6.86. The average molecular weight is 316 g/mol. The van der Waals surface area contributed by atoms with Gasteiger partial charge in [0.2, 0.25) is 0 Å². The van der Waals surface area contributed by atoms with Crippen LogP contribution in [-0.2, 0) is 9.47 Å². The van der Waals surface area contributed by atoms with Crippen LogP contribution >= 0.6 is 0 Å². The van der Waals surface area contributed by atoms with Crippen LogP contribution in [0, 0.1) is 16.7 Å². The second-order valence-corrected chi connectivity index (χ2v) is 7.93. The van der Waals surface area contributed by atoms with Crippen molar-refractivity contribution in [3.63, 3.8) is 0 Å². The Kier molecular flexibility index (Phi) is 4.07. The Morgan fingerprint density at radius 3 is 2.27 bits per heavy atom. The van der Waals surface area contributed by atoms with E-state index in [4.69, 9.17) is 9.47 Å². The highest BCUT2D eigenvalue weighted by Gasteiger charge is 2.63. The van der Waals surface area contributed by atoms with Crippen LogP contribution in [0.3, 0.4) is 0 Å². The van der Waals surface area contributed by atoms with Crippen molar-refractivity contribution in [3.8, 4) is 0 Å². The van der Waals surface area contributed by atoms with E-state index in [0.717, 1.165) is 12.8 Å². The fourth-order valence-corrected chi connectivity index (χ4v) is 4.68. The molecule has 0 aromatic rings. The van der Waals surface area contributed by atoms with Crippen LogP contribution in [-0.4, -0.2) is 63.8 Å². The maximum Gasteiger partial charge on any atom is 0.186 e. The van der Waals surface area contributed by atoms with Gasteiger partial charge >= 0.3 is 0 Å². The van der Waals surface area contributed by atoms with Gasteiger partial charge < -0.3 is 29.9 Å². The molecular formula is C16H28O6. The standard InChI is InChI=1S/C16H28O6/c1-15(2)8-4-5-16(15,3)10(6-8)22-14-13(20)12(19)11(18)9(7-17)21-14/h8-14,17-20H,4-7H2,1-3H3. The van der Waals surface area contributed by atoms with E-state index < -0.39 is 37.3 Å². The molecule has 128 valence electrons. The summed E-state index contributed by atoms with van der Waals surface area (Å²) in [5.74, 6) is 0.590.